The van der Waals surface area contributed by atoms with Crippen molar-refractivity contribution >= 4 is 29.2 Å². The maximum absolute atomic E-state index is 12.7. The van der Waals surface area contributed by atoms with Crippen molar-refractivity contribution in [2.75, 3.05) is 51.7 Å². The Labute approximate surface area is 174 Å². The number of urea groups is 1. The van der Waals surface area contributed by atoms with Gasteiger partial charge >= 0.3 is 6.03 Å². The van der Waals surface area contributed by atoms with E-state index in [-0.39, 0.29) is 11.9 Å². The van der Waals surface area contributed by atoms with Crippen LogP contribution in [0.4, 0.5) is 10.5 Å². The molecular formula is C19H25ClN6O3. The number of anilines is 1. The Kier molecular flexibility index (Phi) is 6.95. The minimum Gasteiger partial charge on any atom is -0.479 e. The number of nitrogens with one attached hydrogen (secondary N) is 2. The SMILES string of the molecule is COc1nn(C)cc1C(=O)N1CCN(CCNC(=O)Nc2ccc(Cl)cc2)CC1. The molecule has 0 spiro atoms. The van der Waals surface area contributed by atoms with Crippen molar-refractivity contribution in [2.45, 2.75) is 0 Å². The average Bonchev–Trinajstić information content (AvgIpc) is 3.10. The summed E-state index contributed by atoms with van der Waals surface area (Å²) < 4.78 is 6.75. The Morgan fingerprint density at radius 1 is 1.17 bits per heavy atom. The average molecular weight is 421 g/mol. The Bertz CT molecular complexity index is 846. The molecule has 1 aliphatic rings. The van der Waals surface area contributed by atoms with Crippen LogP contribution in [-0.2, 0) is 7.05 Å². The zero-order chi connectivity index (χ0) is 20.8. The predicted octanol–water partition coefficient (Wildman–Crippen LogP) is 1.66. The highest BCUT2D eigenvalue weighted by molar-refractivity contribution is 6.30. The summed E-state index contributed by atoms with van der Waals surface area (Å²) in [7, 11) is 3.26. The summed E-state index contributed by atoms with van der Waals surface area (Å²) in [6, 6.07) is 6.67. The number of methoxy groups -OCH3 is 1. The molecule has 1 saturated heterocycles. The smallest absolute Gasteiger partial charge is 0.319 e. The first-order valence-electron chi connectivity index (χ1n) is 9.36. The van der Waals surface area contributed by atoms with E-state index in [4.69, 9.17) is 16.3 Å². The summed E-state index contributed by atoms with van der Waals surface area (Å²) in [6.07, 6.45) is 1.68. The third-order valence-corrected chi connectivity index (χ3v) is 4.95. The zero-order valence-corrected chi connectivity index (χ0v) is 17.3. The van der Waals surface area contributed by atoms with E-state index in [1.165, 1.54) is 7.11 Å². The van der Waals surface area contributed by atoms with Crippen molar-refractivity contribution in [3.05, 3.63) is 41.0 Å². The molecule has 1 aliphatic heterocycles. The van der Waals surface area contributed by atoms with Gasteiger partial charge in [0, 0.05) is 63.2 Å². The van der Waals surface area contributed by atoms with E-state index in [0.717, 1.165) is 13.1 Å². The summed E-state index contributed by atoms with van der Waals surface area (Å²) in [6.45, 7) is 3.96. The summed E-state index contributed by atoms with van der Waals surface area (Å²) >= 11 is 5.83. The third kappa shape index (κ3) is 5.61. The first-order valence-corrected chi connectivity index (χ1v) is 9.73. The zero-order valence-electron chi connectivity index (χ0n) is 16.5. The van der Waals surface area contributed by atoms with Crippen LogP contribution in [0.2, 0.25) is 5.02 Å². The van der Waals surface area contributed by atoms with Gasteiger partial charge in [-0.05, 0) is 24.3 Å². The van der Waals surface area contributed by atoms with E-state index in [2.05, 4.69) is 20.6 Å². The lowest BCUT2D eigenvalue weighted by Crippen LogP contribution is -2.50. The van der Waals surface area contributed by atoms with E-state index >= 15 is 0 Å². The standard InChI is InChI=1S/C19H25ClN6O3/c1-24-13-16(17(23-24)29-2)18(27)26-11-9-25(10-12-26)8-7-21-19(28)22-15-5-3-14(20)4-6-15/h3-6,13H,7-12H2,1-2H3,(H2,21,22,28). The van der Waals surface area contributed by atoms with Crippen LogP contribution in [0.3, 0.4) is 0 Å². The number of carbonyl (C=O) groups is 2. The summed E-state index contributed by atoms with van der Waals surface area (Å²) in [5.41, 5.74) is 1.16. The predicted molar refractivity (Wildman–Crippen MR) is 111 cm³/mol. The van der Waals surface area contributed by atoms with Crippen LogP contribution in [0.1, 0.15) is 10.4 Å². The van der Waals surface area contributed by atoms with Gasteiger partial charge in [-0.15, -0.1) is 5.10 Å². The van der Waals surface area contributed by atoms with E-state index in [1.54, 1.807) is 47.1 Å². The Hall–Kier alpha value is -2.78. The lowest BCUT2D eigenvalue weighted by molar-refractivity contribution is 0.0636. The molecule has 0 bridgehead atoms. The van der Waals surface area contributed by atoms with Gasteiger partial charge in [0.2, 0.25) is 5.88 Å². The van der Waals surface area contributed by atoms with Crippen molar-refractivity contribution in [1.29, 1.82) is 0 Å². The number of rotatable bonds is 6. The minimum atomic E-state index is -0.259. The molecule has 3 rings (SSSR count). The Morgan fingerprint density at radius 3 is 2.52 bits per heavy atom. The van der Waals surface area contributed by atoms with Crippen molar-refractivity contribution in [3.63, 3.8) is 0 Å². The fourth-order valence-electron chi connectivity index (χ4n) is 3.15. The molecule has 29 heavy (non-hydrogen) atoms. The number of piperazine rings is 1. The first kappa shape index (κ1) is 20.9. The topological polar surface area (TPSA) is 91.7 Å². The maximum Gasteiger partial charge on any atom is 0.319 e. The molecule has 0 saturated carbocycles. The number of hydrogen-bond donors (Lipinski definition) is 2. The second kappa shape index (κ2) is 9.62. The monoisotopic (exact) mass is 420 g/mol. The van der Waals surface area contributed by atoms with E-state index in [1.807, 2.05) is 0 Å². The second-order valence-electron chi connectivity index (χ2n) is 6.75. The number of carbonyl (C=O) groups excluding carboxylic acids is 2. The van der Waals surface area contributed by atoms with Gasteiger partial charge in [-0.2, -0.15) is 0 Å². The molecule has 1 fully saturated rings. The van der Waals surface area contributed by atoms with Crippen LogP contribution in [0, 0.1) is 0 Å². The van der Waals surface area contributed by atoms with Gasteiger partial charge in [0.25, 0.3) is 5.91 Å². The first-order chi connectivity index (χ1) is 14.0. The van der Waals surface area contributed by atoms with Crippen LogP contribution < -0.4 is 15.4 Å². The van der Waals surface area contributed by atoms with Crippen LogP contribution in [0.25, 0.3) is 0 Å². The lowest BCUT2D eigenvalue weighted by atomic mass is 10.2. The van der Waals surface area contributed by atoms with Gasteiger partial charge in [0.05, 0.1) is 7.11 Å². The molecule has 2 N–H and O–H groups in total. The van der Waals surface area contributed by atoms with Crippen molar-refractivity contribution in [1.82, 2.24) is 24.9 Å². The molecule has 9 nitrogen and oxygen atoms in total. The highest BCUT2D eigenvalue weighted by atomic mass is 35.5. The largest absolute Gasteiger partial charge is 0.479 e. The number of benzene rings is 1. The minimum absolute atomic E-state index is 0.0740. The molecule has 0 aliphatic carbocycles. The number of amides is 3. The second-order valence-corrected chi connectivity index (χ2v) is 7.18. The van der Waals surface area contributed by atoms with E-state index in [9.17, 15) is 9.59 Å². The summed E-state index contributed by atoms with van der Waals surface area (Å²) in [5.74, 6) is 0.269. The highest BCUT2D eigenvalue weighted by Gasteiger charge is 2.26. The number of halogens is 1. The normalized spacial score (nSPS) is 14.5. The van der Waals surface area contributed by atoms with Crippen molar-refractivity contribution in [3.8, 4) is 5.88 Å². The molecule has 156 valence electrons. The number of ether oxygens (including phenoxy) is 1. The fraction of sp³-hybridized carbons (Fsp3) is 0.421. The molecule has 0 radical (unpaired) electrons. The van der Waals surface area contributed by atoms with Crippen molar-refractivity contribution < 1.29 is 14.3 Å². The van der Waals surface area contributed by atoms with Gasteiger partial charge in [0.1, 0.15) is 5.56 Å². The van der Waals surface area contributed by atoms with E-state index < -0.39 is 0 Å². The highest BCUT2D eigenvalue weighted by Crippen LogP contribution is 2.18. The van der Waals surface area contributed by atoms with Gasteiger partial charge in [-0.3, -0.25) is 14.4 Å². The number of aryl methyl sites for hydroxylation is 1. The summed E-state index contributed by atoms with van der Waals surface area (Å²) in [5, 5.41) is 10.4. The molecule has 10 heteroatoms. The Balaban J connectivity index is 1.39. The van der Waals surface area contributed by atoms with Crippen LogP contribution in [-0.4, -0.2) is 77.9 Å². The quantitative estimate of drug-likeness (QED) is 0.741. The Morgan fingerprint density at radius 2 is 1.86 bits per heavy atom. The van der Waals surface area contributed by atoms with Crippen LogP contribution in [0.5, 0.6) is 5.88 Å². The lowest BCUT2D eigenvalue weighted by Gasteiger charge is -2.34. The van der Waals surface area contributed by atoms with Crippen LogP contribution >= 0.6 is 11.6 Å². The molecule has 3 amide bonds. The third-order valence-electron chi connectivity index (χ3n) is 4.69. The summed E-state index contributed by atoms with van der Waals surface area (Å²) in [4.78, 5) is 28.7. The molecule has 1 aromatic heterocycles. The molecule has 2 aromatic rings. The molecule has 0 unspecified atom stereocenters. The number of hydrogen-bond acceptors (Lipinski definition) is 5. The fourth-order valence-corrected chi connectivity index (χ4v) is 3.27. The van der Waals surface area contributed by atoms with Gasteiger partial charge in [0.15, 0.2) is 0 Å². The number of nitrogens with zero attached hydrogens (tertiary/aromatic N) is 4. The molecule has 1 aromatic carbocycles. The molecule has 2 heterocycles. The molecule has 0 atom stereocenters. The van der Waals surface area contributed by atoms with Gasteiger partial charge in [-0.1, -0.05) is 11.6 Å². The van der Waals surface area contributed by atoms with Crippen LogP contribution in [0.15, 0.2) is 30.5 Å². The van der Waals surface area contributed by atoms with Crippen molar-refractivity contribution in [2.24, 2.45) is 7.05 Å². The van der Waals surface area contributed by atoms with Gasteiger partial charge in [-0.25, -0.2) is 4.79 Å². The maximum atomic E-state index is 12.7. The van der Waals surface area contributed by atoms with E-state index in [0.29, 0.717) is 48.3 Å². The molecular weight excluding hydrogens is 396 g/mol. The number of aromatic nitrogens is 2. The van der Waals surface area contributed by atoms with Gasteiger partial charge < -0.3 is 20.3 Å².